The molecule has 0 aromatic rings. The number of halogens is 2. The van der Waals surface area contributed by atoms with Crippen molar-refractivity contribution in [1.29, 1.82) is 0 Å². The summed E-state index contributed by atoms with van der Waals surface area (Å²) in [6.45, 7) is 6.96. The maximum atomic E-state index is 12.4. The highest BCUT2D eigenvalue weighted by Gasteiger charge is 2.32. The van der Waals surface area contributed by atoms with Crippen molar-refractivity contribution in [2.45, 2.75) is 45.4 Å². The van der Waals surface area contributed by atoms with Crippen LogP contribution in [0.2, 0.25) is 0 Å². The van der Waals surface area contributed by atoms with E-state index in [1.54, 1.807) is 0 Å². The molecule has 0 aromatic carbocycles. The van der Waals surface area contributed by atoms with E-state index in [4.69, 9.17) is 4.74 Å². The summed E-state index contributed by atoms with van der Waals surface area (Å²) in [6.07, 6.45) is -3.37. The molecule has 2 nitrogen and oxygen atoms in total. The first-order valence-electron chi connectivity index (χ1n) is 4.68. The van der Waals surface area contributed by atoms with Crippen LogP contribution in [0.15, 0.2) is 0 Å². The highest BCUT2D eigenvalue weighted by molar-refractivity contribution is 4.79. The highest BCUT2D eigenvalue weighted by Crippen LogP contribution is 2.18. The summed E-state index contributed by atoms with van der Waals surface area (Å²) < 4.78 is 29.9. The summed E-state index contributed by atoms with van der Waals surface area (Å²) in [4.78, 5) is 2.03. The van der Waals surface area contributed by atoms with Crippen LogP contribution in [-0.2, 0) is 4.74 Å². The van der Waals surface area contributed by atoms with Crippen LogP contribution in [0, 0.1) is 0 Å². The second-order valence-corrected chi connectivity index (χ2v) is 3.87. The van der Waals surface area contributed by atoms with E-state index in [0.717, 1.165) is 6.54 Å². The number of morpholine rings is 1. The van der Waals surface area contributed by atoms with Gasteiger partial charge in [-0.25, -0.2) is 8.78 Å². The van der Waals surface area contributed by atoms with Gasteiger partial charge >= 0.3 is 0 Å². The summed E-state index contributed by atoms with van der Waals surface area (Å²) in [5.74, 6) is 0. The van der Waals surface area contributed by atoms with E-state index in [9.17, 15) is 8.78 Å². The minimum Gasteiger partial charge on any atom is -0.367 e. The molecule has 0 aromatic heterocycles. The lowest BCUT2D eigenvalue weighted by molar-refractivity contribution is -0.140. The van der Waals surface area contributed by atoms with Crippen molar-refractivity contribution in [3.8, 4) is 0 Å². The molecule has 1 heterocycles. The van der Waals surface area contributed by atoms with Crippen molar-refractivity contribution in [2.24, 2.45) is 0 Å². The van der Waals surface area contributed by atoms with Gasteiger partial charge in [0.05, 0.1) is 6.10 Å². The van der Waals surface area contributed by atoms with E-state index in [2.05, 4.69) is 0 Å². The molecule has 4 heteroatoms. The van der Waals surface area contributed by atoms with Gasteiger partial charge in [-0.2, -0.15) is 0 Å². The third kappa shape index (κ3) is 2.88. The molecule has 2 atom stereocenters. The molecule has 0 aliphatic carbocycles. The Hall–Kier alpha value is -0.220. The smallest absolute Gasteiger partial charge is 0.265 e. The number of alkyl halides is 2. The van der Waals surface area contributed by atoms with Crippen LogP contribution in [0.25, 0.3) is 0 Å². The lowest BCUT2D eigenvalue weighted by Crippen LogP contribution is -2.51. The lowest BCUT2D eigenvalue weighted by atomic mass is 10.2. The summed E-state index contributed by atoms with van der Waals surface area (Å²) in [5, 5.41) is 0. The Labute approximate surface area is 77.9 Å². The predicted octanol–water partition coefficient (Wildman–Crippen LogP) is 1.75. The van der Waals surface area contributed by atoms with Gasteiger partial charge in [0.15, 0.2) is 0 Å². The van der Waals surface area contributed by atoms with Crippen LogP contribution in [0.4, 0.5) is 8.78 Å². The van der Waals surface area contributed by atoms with Crippen molar-refractivity contribution in [3.05, 3.63) is 0 Å². The van der Waals surface area contributed by atoms with Crippen molar-refractivity contribution in [1.82, 2.24) is 4.90 Å². The maximum absolute atomic E-state index is 12.4. The molecule has 13 heavy (non-hydrogen) atoms. The first-order valence-corrected chi connectivity index (χ1v) is 4.68. The molecule has 1 aliphatic heterocycles. The zero-order chi connectivity index (χ0) is 10.0. The Balaban J connectivity index is 2.52. The molecule has 0 amide bonds. The first-order chi connectivity index (χ1) is 6.00. The largest absolute Gasteiger partial charge is 0.367 e. The summed E-state index contributed by atoms with van der Waals surface area (Å²) in [6, 6.07) is 0.313. The standard InChI is InChI=1S/C9H17F2NO/c1-6(2)12-4-7(3)13-8(5-12)9(10)11/h6-9H,4-5H2,1-3H3/t7-,8-/m1/s1. The Morgan fingerprint density at radius 1 is 1.31 bits per heavy atom. The average Bonchev–Trinajstić information content (AvgIpc) is 2.03. The van der Waals surface area contributed by atoms with E-state index in [0.29, 0.717) is 12.6 Å². The number of hydrogen-bond donors (Lipinski definition) is 0. The third-order valence-corrected chi connectivity index (χ3v) is 2.32. The summed E-state index contributed by atoms with van der Waals surface area (Å²) in [5.41, 5.74) is 0. The van der Waals surface area contributed by atoms with Crippen molar-refractivity contribution in [3.63, 3.8) is 0 Å². The van der Waals surface area contributed by atoms with Gasteiger partial charge in [-0.1, -0.05) is 0 Å². The van der Waals surface area contributed by atoms with Crippen LogP contribution in [-0.4, -0.2) is 42.7 Å². The fourth-order valence-electron chi connectivity index (χ4n) is 1.58. The van der Waals surface area contributed by atoms with E-state index in [1.807, 2.05) is 25.7 Å². The molecule has 1 saturated heterocycles. The molecule has 0 saturated carbocycles. The van der Waals surface area contributed by atoms with Gasteiger partial charge in [0, 0.05) is 19.1 Å². The van der Waals surface area contributed by atoms with E-state index >= 15 is 0 Å². The number of hydrogen-bond acceptors (Lipinski definition) is 2. The molecule has 78 valence electrons. The Morgan fingerprint density at radius 2 is 1.92 bits per heavy atom. The Bertz CT molecular complexity index is 148. The normalized spacial score (nSPS) is 31.6. The average molecular weight is 193 g/mol. The van der Waals surface area contributed by atoms with Crippen molar-refractivity contribution >= 4 is 0 Å². The quantitative estimate of drug-likeness (QED) is 0.662. The molecule has 1 rings (SSSR count). The van der Waals surface area contributed by atoms with E-state index in [1.165, 1.54) is 0 Å². The Morgan fingerprint density at radius 3 is 2.38 bits per heavy atom. The van der Waals surface area contributed by atoms with Gasteiger partial charge in [0.25, 0.3) is 6.43 Å². The highest BCUT2D eigenvalue weighted by atomic mass is 19.3. The fraction of sp³-hybridized carbons (Fsp3) is 1.00. The van der Waals surface area contributed by atoms with Crippen LogP contribution < -0.4 is 0 Å². The molecular weight excluding hydrogens is 176 g/mol. The van der Waals surface area contributed by atoms with Crippen LogP contribution in [0.5, 0.6) is 0 Å². The molecular formula is C9H17F2NO. The number of nitrogens with zero attached hydrogens (tertiary/aromatic N) is 1. The minimum atomic E-state index is -2.37. The van der Waals surface area contributed by atoms with Gasteiger partial charge in [-0.15, -0.1) is 0 Å². The van der Waals surface area contributed by atoms with E-state index in [-0.39, 0.29) is 6.10 Å². The zero-order valence-corrected chi connectivity index (χ0v) is 8.34. The van der Waals surface area contributed by atoms with Crippen LogP contribution in [0.1, 0.15) is 20.8 Å². The Kier molecular flexibility index (Phi) is 3.62. The molecule has 0 unspecified atom stereocenters. The number of rotatable bonds is 2. The van der Waals surface area contributed by atoms with Crippen molar-refractivity contribution < 1.29 is 13.5 Å². The second kappa shape index (κ2) is 4.33. The maximum Gasteiger partial charge on any atom is 0.265 e. The third-order valence-electron chi connectivity index (χ3n) is 2.32. The molecule has 0 N–H and O–H groups in total. The van der Waals surface area contributed by atoms with Crippen LogP contribution in [0.3, 0.4) is 0 Å². The molecule has 0 radical (unpaired) electrons. The monoisotopic (exact) mass is 193 g/mol. The topological polar surface area (TPSA) is 12.5 Å². The summed E-state index contributed by atoms with van der Waals surface area (Å²) >= 11 is 0. The molecule has 1 aliphatic rings. The van der Waals surface area contributed by atoms with Gasteiger partial charge in [0.1, 0.15) is 6.10 Å². The lowest BCUT2D eigenvalue weighted by Gasteiger charge is -2.38. The number of ether oxygens (including phenoxy) is 1. The predicted molar refractivity (Wildman–Crippen MR) is 47.0 cm³/mol. The summed E-state index contributed by atoms with van der Waals surface area (Å²) in [7, 11) is 0. The molecule has 1 fully saturated rings. The van der Waals surface area contributed by atoms with Gasteiger partial charge in [0.2, 0.25) is 0 Å². The van der Waals surface area contributed by atoms with E-state index < -0.39 is 12.5 Å². The van der Waals surface area contributed by atoms with Crippen LogP contribution >= 0.6 is 0 Å². The first kappa shape index (κ1) is 10.9. The van der Waals surface area contributed by atoms with Gasteiger partial charge < -0.3 is 4.74 Å². The minimum absolute atomic E-state index is 0.0878. The SMILES string of the molecule is CC(C)N1C[C@@H](C)O[C@@H](C(F)F)C1. The fourth-order valence-corrected chi connectivity index (χ4v) is 1.58. The van der Waals surface area contributed by atoms with Crippen molar-refractivity contribution in [2.75, 3.05) is 13.1 Å². The molecule has 0 spiro atoms. The van der Waals surface area contributed by atoms with Gasteiger partial charge in [-0.05, 0) is 20.8 Å². The second-order valence-electron chi connectivity index (χ2n) is 3.87. The molecule has 0 bridgehead atoms. The van der Waals surface area contributed by atoms with Gasteiger partial charge in [-0.3, -0.25) is 4.90 Å². The zero-order valence-electron chi connectivity index (χ0n) is 8.34.